The SMILES string of the molecule is CC1(CC(F)(F)F)NC(O)c2ccc(Nc3cc(NC(=O)C4CC4)ncn3)c(=O)n21. The normalized spacial score (nSPS) is 23.2. The van der Waals surface area contributed by atoms with Gasteiger partial charge in [0.05, 0.1) is 12.1 Å². The first-order valence-corrected chi connectivity index (χ1v) is 9.25. The van der Waals surface area contributed by atoms with Gasteiger partial charge in [0.15, 0.2) is 0 Å². The van der Waals surface area contributed by atoms with Crippen molar-refractivity contribution in [1.29, 1.82) is 0 Å². The van der Waals surface area contributed by atoms with Crippen LogP contribution >= 0.6 is 0 Å². The molecule has 4 rings (SSSR count). The molecular weight excluding hydrogens is 405 g/mol. The molecule has 0 aromatic carbocycles. The lowest BCUT2D eigenvalue weighted by Gasteiger charge is -2.29. The van der Waals surface area contributed by atoms with Crippen molar-refractivity contribution in [2.24, 2.45) is 5.92 Å². The van der Waals surface area contributed by atoms with Crippen molar-refractivity contribution in [1.82, 2.24) is 19.9 Å². The number of rotatable bonds is 5. The minimum Gasteiger partial charge on any atom is -0.373 e. The fraction of sp³-hybridized carbons (Fsp3) is 0.444. The molecule has 160 valence electrons. The third kappa shape index (κ3) is 4.00. The van der Waals surface area contributed by atoms with Crippen molar-refractivity contribution in [3.05, 3.63) is 40.6 Å². The zero-order valence-corrected chi connectivity index (χ0v) is 15.8. The average molecular weight is 424 g/mol. The highest BCUT2D eigenvalue weighted by Gasteiger charge is 2.47. The van der Waals surface area contributed by atoms with Crippen LogP contribution in [0.15, 0.2) is 29.3 Å². The summed E-state index contributed by atoms with van der Waals surface area (Å²) in [4.78, 5) is 32.7. The summed E-state index contributed by atoms with van der Waals surface area (Å²) in [7, 11) is 0. The Morgan fingerprint density at radius 3 is 2.70 bits per heavy atom. The maximum absolute atomic E-state index is 13.1. The fourth-order valence-electron chi connectivity index (χ4n) is 3.53. The number of carbonyl (C=O) groups excluding carboxylic acids is 1. The van der Waals surface area contributed by atoms with Crippen molar-refractivity contribution >= 4 is 23.2 Å². The molecule has 9 nitrogen and oxygen atoms in total. The Morgan fingerprint density at radius 2 is 2.03 bits per heavy atom. The van der Waals surface area contributed by atoms with E-state index in [9.17, 15) is 27.9 Å². The lowest BCUT2D eigenvalue weighted by Crippen LogP contribution is -2.47. The average Bonchev–Trinajstić information content (AvgIpc) is 3.43. The molecule has 1 aliphatic carbocycles. The molecule has 1 aliphatic heterocycles. The van der Waals surface area contributed by atoms with Gasteiger partial charge in [-0.15, -0.1) is 0 Å². The Morgan fingerprint density at radius 1 is 1.33 bits per heavy atom. The Labute approximate surface area is 168 Å². The van der Waals surface area contributed by atoms with E-state index in [1.807, 2.05) is 0 Å². The van der Waals surface area contributed by atoms with Crippen molar-refractivity contribution in [2.75, 3.05) is 10.6 Å². The number of aliphatic hydroxyl groups excluding tert-OH is 1. The minimum absolute atomic E-state index is 0.0250. The Kier molecular flexibility index (Phi) is 4.77. The summed E-state index contributed by atoms with van der Waals surface area (Å²) in [6, 6.07) is 4.13. The molecule has 4 N–H and O–H groups in total. The molecule has 0 spiro atoms. The van der Waals surface area contributed by atoms with Crippen molar-refractivity contribution in [3.63, 3.8) is 0 Å². The van der Waals surface area contributed by atoms with Gasteiger partial charge in [-0.3, -0.25) is 19.5 Å². The number of nitrogens with one attached hydrogen (secondary N) is 3. The van der Waals surface area contributed by atoms with E-state index in [4.69, 9.17) is 0 Å². The largest absolute Gasteiger partial charge is 0.392 e. The minimum atomic E-state index is -4.56. The molecule has 2 aromatic heterocycles. The molecule has 0 radical (unpaired) electrons. The number of halogens is 3. The second-order valence-corrected chi connectivity index (χ2v) is 7.60. The first-order valence-electron chi connectivity index (χ1n) is 9.25. The van der Waals surface area contributed by atoms with E-state index in [1.165, 1.54) is 31.5 Å². The molecule has 2 unspecified atom stereocenters. The number of fused-ring (bicyclic) bond motifs is 1. The highest BCUT2D eigenvalue weighted by Crippen LogP contribution is 2.37. The van der Waals surface area contributed by atoms with Gasteiger partial charge in [0.1, 0.15) is 35.5 Å². The van der Waals surface area contributed by atoms with Crippen LogP contribution in [0.25, 0.3) is 0 Å². The Hall–Kier alpha value is -2.99. The number of hydrogen-bond acceptors (Lipinski definition) is 7. The van der Waals surface area contributed by atoms with E-state index in [0.29, 0.717) is 0 Å². The van der Waals surface area contributed by atoms with Crippen LogP contribution in [-0.4, -0.2) is 31.7 Å². The van der Waals surface area contributed by atoms with Gasteiger partial charge in [0.25, 0.3) is 5.56 Å². The van der Waals surface area contributed by atoms with Crippen LogP contribution in [0.4, 0.5) is 30.5 Å². The first kappa shape index (κ1) is 20.3. The molecule has 1 saturated carbocycles. The van der Waals surface area contributed by atoms with E-state index in [2.05, 4.69) is 25.9 Å². The second kappa shape index (κ2) is 7.06. The van der Waals surface area contributed by atoms with Gasteiger partial charge in [-0.25, -0.2) is 9.97 Å². The number of anilines is 3. The zero-order chi connectivity index (χ0) is 21.7. The lowest BCUT2D eigenvalue weighted by atomic mass is 10.1. The van der Waals surface area contributed by atoms with Gasteiger partial charge in [-0.05, 0) is 31.9 Å². The van der Waals surface area contributed by atoms with Gasteiger partial charge >= 0.3 is 6.18 Å². The van der Waals surface area contributed by atoms with Crippen molar-refractivity contribution in [2.45, 2.75) is 44.3 Å². The third-order valence-corrected chi connectivity index (χ3v) is 5.01. The predicted octanol–water partition coefficient (Wildman–Crippen LogP) is 1.95. The van der Waals surface area contributed by atoms with Crippen LogP contribution in [-0.2, 0) is 10.5 Å². The van der Waals surface area contributed by atoms with E-state index in [-0.39, 0.29) is 34.8 Å². The molecule has 2 atom stereocenters. The zero-order valence-electron chi connectivity index (χ0n) is 15.8. The van der Waals surface area contributed by atoms with Crippen LogP contribution in [0.5, 0.6) is 0 Å². The summed E-state index contributed by atoms with van der Waals surface area (Å²) in [5.74, 6) is 0.241. The molecule has 1 fully saturated rings. The van der Waals surface area contributed by atoms with Crippen molar-refractivity contribution in [3.8, 4) is 0 Å². The van der Waals surface area contributed by atoms with Crippen LogP contribution in [0.1, 0.15) is 38.1 Å². The van der Waals surface area contributed by atoms with Gasteiger partial charge < -0.3 is 15.7 Å². The standard InChI is InChI=1S/C18H19F3N6O3/c1-17(7-18(19,20)21)26-15(29)11-5-4-10(16(30)27(11)17)24-12-6-13(23-8-22-12)25-14(28)9-2-3-9/h4-6,8-9,15,26,29H,2-3,7H2,1H3,(H2,22,23,24,25,28). The number of aliphatic hydroxyl groups is 1. The quantitative estimate of drug-likeness (QED) is 0.579. The second-order valence-electron chi connectivity index (χ2n) is 7.60. The molecule has 0 saturated heterocycles. The number of alkyl halides is 3. The fourth-order valence-corrected chi connectivity index (χ4v) is 3.53. The summed E-state index contributed by atoms with van der Waals surface area (Å²) in [6.07, 6.45) is -4.49. The topological polar surface area (TPSA) is 121 Å². The molecule has 0 bridgehead atoms. The van der Waals surface area contributed by atoms with E-state index in [1.54, 1.807) is 0 Å². The van der Waals surface area contributed by atoms with Crippen LogP contribution in [0, 0.1) is 5.92 Å². The molecule has 2 aliphatic rings. The molecule has 1 amide bonds. The maximum Gasteiger partial charge on any atom is 0.392 e. The summed E-state index contributed by atoms with van der Waals surface area (Å²) in [5, 5.41) is 17.9. The smallest absolute Gasteiger partial charge is 0.373 e. The number of hydrogen-bond donors (Lipinski definition) is 4. The number of nitrogens with zero attached hydrogens (tertiary/aromatic N) is 3. The van der Waals surface area contributed by atoms with E-state index < -0.39 is 30.0 Å². The third-order valence-electron chi connectivity index (χ3n) is 5.01. The highest BCUT2D eigenvalue weighted by atomic mass is 19.4. The molecular formula is C18H19F3N6O3. The number of pyridine rings is 1. The number of carbonyl (C=O) groups is 1. The summed E-state index contributed by atoms with van der Waals surface area (Å²) < 4.78 is 40.1. The number of aromatic nitrogens is 3. The van der Waals surface area contributed by atoms with Gasteiger partial charge in [0, 0.05) is 12.0 Å². The maximum atomic E-state index is 13.1. The van der Waals surface area contributed by atoms with Crippen molar-refractivity contribution < 1.29 is 23.1 Å². The van der Waals surface area contributed by atoms with Crippen LogP contribution < -0.4 is 21.5 Å². The van der Waals surface area contributed by atoms with Gasteiger partial charge in [-0.1, -0.05) is 0 Å². The molecule has 3 heterocycles. The first-order chi connectivity index (χ1) is 14.1. The monoisotopic (exact) mass is 424 g/mol. The predicted molar refractivity (Wildman–Crippen MR) is 99.8 cm³/mol. The van der Waals surface area contributed by atoms with E-state index >= 15 is 0 Å². The van der Waals surface area contributed by atoms with E-state index in [0.717, 1.165) is 17.4 Å². The Balaban J connectivity index is 1.62. The van der Waals surface area contributed by atoms with Gasteiger partial charge in [0.2, 0.25) is 5.91 Å². The summed E-state index contributed by atoms with van der Waals surface area (Å²) in [6.45, 7) is 1.20. The Bertz CT molecular complexity index is 1050. The lowest BCUT2D eigenvalue weighted by molar-refractivity contribution is -0.158. The molecule has 30 heavy (non-hydrogen) atoms. The molecule has 12 heteroatoms. The summed E-state index contributed by atoms with van der Waals surface area (Å²) in [5.41, 5.74) is -2.62. The van der Waals surface area contributed by atoms with Crippen LogP contribution in [0.3, 0.4) is 0 Å². The molecule has 2 aromatic rings. The number of amides is 1. The van der Waals surface area contributed by atoms with Crippen LogP contribution in [0.2, 0.25) is 0 Å². The van der Waals surface area contributed by atoms with Gasteiger partial charge in [-0.2, -0.15) is 13.2 Å². The highest BCUT2D eigenvalue weighted by molar-refractivity contribution is 5.93. The summed E-state index contributed by atoms with van der Waals surface area (Å²) >= 11 is 0.